The van der Waals surface area contributed by atoms with E-state index in [0.29, 0.717) is 12.8 Å². The van der Waals surface area contributed by atoms with Crippen molar-refractivity contribution in [2.24, 2.45) is 11.8 Å². The highest BCUT2D eigenvalue weighted by atomic mass is 16.6. The van der Waals surface area contributed by atoms with E-state index >= 15 is 0 Å². The Morgan fingerprint density at radius 1 is 0.426 bits per heavy atom. The smallest absolute Gasteiger partial charge is 0.306 e. The molecule has 0 rings (SSSR count). The van der Waals surface area contributed by atoms with Crippen LogP contribution in [-0.2, 0) is 19.1 Å². The zero-order valence-electron chi connectivity index (χ0n) is 32.1. The standard InChI is InChI=1S/C42H82O5/c1-38(2)32-28-24-20-16-12-8-6-5-7-9-14-18-22-26-30-34-41(44)46-37-40(36-43)47-42(45)35-31-27-23-19-15-11-10-13-17-21-25-29-33-39(3)4/h38-40,43H,5-37H2,1-4H3/t40-/m0/s1. The zero-order chi connectivity index (χ0) is 34.6. The fourth-order valence-corrected chi connectivity index (χ4v) is 6.34. The fourth-order valence-electron chi connectivity index (χ4n) is 6.34. The molecule has 0 heterocycles. The fraction of sp³-hybridized carbons (Fsp3) is 0.952. The minimum absolute atomic E-state index is 0.0582. The molecule has 0 aromatic heterocycles. The summed E-state index contributed by atoms with van der Waals surface area (Å²) in [4.78, 5) is 24.3. The summed E-state index contributed by atoms with van der Waals surface area (Å²) in [6, 6.07) is 0. The Kier molecular flexibility index (Phi) is 35.3. The van der Waals surface area contributed by atoms with E-state index in [2.05, 4.69) is 27.7 Å². The minimum atomic E-state index is -0.763. The first-order chi connectivity index (χ1) is 22.8. The van der Waals surface area contributed by atoms with E-state index in [9.17, 15) is 14.7 Å². The molecule has 5 heteroatoms. The summed E-state index contributed by atoms with van der Waals surface area (Å²) in [5, 5.41) is 9.56. The SMILES string of the molecule is CC(C)CCCCCCCCCCCCCCCCCC(=O)OC[C@H](CO)OC(=O)CCCCCCCCCCCCCCC(C)C. The molecule has 0 aliphatic carbocycles. The summed E-state index contributed by atoms with van der Waals surface area (Å²) in [5.41, 5.74) is 0. The second-order valence-corrected chi connectivity index (χ2v) is 15.4. The Morgan fingerprint density at radius 2 is 0.702 bits per heavy atom. The van der Waals surface area contributed by atoms with Crippen molar-refractivity contribution >= 4 is 11.9 Å². The highest BCUT2D eigenvalue weighted by molar-refractivity contribution is 5.70. The summed E-state index contributed by atoms with van der Waals surface area (Å²) in [7, 11) is 0. The maximum atomic E-state index is 12.2. The van der Waals surface area contributed by atoms with E-state index in [4.69, 9.17) is 9.47 Å². The van der Waals surface area contributed by atoms with Crippen molar-refractivity contribution in [3.63, 3.8) is 0 Å². The molecule has 0 radical (unpaired) electrons. The van der Waals surface area contributed by atoms with Gasteiger partial charge in [0.2, 0.25) is 0 Å². The van der Waals surface area contributed by atoms with Crippen LogP contribution in [0.25, 0.3) is 0 Å². The maximum absolute atomic E-state index is 12.2. The van der Waals surface area contributed by atoms with E-state index in [1.165, 1.54) is 154 Å². The Morgan fingerprint density at radius 3 is 1.00 bits per heavy atom. The molecule has 0 fully saturated rings. The first kappa shape index (κ1) is 45.9. The summed E-state index contributed by atoms with van der Waals surface area (Å²) in [6.45, 7) is 8.87. The monoisotopic (exact) mass is 667 g/mol. The molecule has 0 spiro atoms. The van der Waals surface area contributed by atoms with Crippen LogP contribution in [0, 0.1) is 11.8 Å². The topological polar surface area (TPSA) is 72.8 Å². The molecule has 280 valence electrons. The molecule has 47 heavy (non-hydrogen) atoms. The molecule has 0 unspecified atom stereocenters. The lowest BCUT2D eigenvalue weighted by Crippen LogP contribution is -2.28. The second kappa shape index (κ2) is 36.2. The van der Waals surface area contributed by atoms with Gasteiger partial charge in [0.25, 0.3) is 0 Å². The van der Waals surface area contributed by atoms with Gasteiger partial charge in [-0.2, -0.15) is 0 Å². The number of hydrogen-bond donors (Lipinski definition) is 1. The second-order valence-electron chi connectivity index (χ2n) is 15.4. The normalized spacial score (nSPS) is 12.2. The largest absolute Gasteiger partial charge is 0.462 e. The van der Waals surface area contributed by atoms with Crippen molar-refractivity contribution in [2.45, 2.75) is 233 Å². The van der Waals surface area contributed by atoms with Crippen molar-refractivity contribution in [2.75, 3.05) is 13.2 Å². The van der Waals surface area contributed by atoms with Crippen LogP contribution >= 0.6 is 0 Å². The first-order valence-electron chi connectivity index (χ1n) is 20.8. The molecule has 0 saturated heterocycles. The van der Waals surface area contributed by atoms with Gasteiger partial charge in [0.05, 0.1) is 6.61 Å². The molecule has 0 aromatic rings. The number of esters is 2. The van der Waals surface area contributed by atoms with E-state index in [1.54, 1.807) is 0 Å². The molecule has 5 nitrogen and oxygen atoms in total. The quantitative estimate of drug-likeness (QED) is 0.0527. The summed E-state index contributed by atoms with van der Waals surface area (Å²) in [6.07, 6.45) is 37.4. The minimum Gasteiger partial charge on any atom is -0.462 e. The lowest BCUT2D eigenvalue weighted by molar-refractivity contribution is -0.161. The van der Waals surface area contributed by atoms with Gasteiger partial charge in [-0.1, -0.05) is 201 Å². The predicted molar refractivity (Wildman–Crippen MR) is 201 cm³/mol. The van der Waals surface area contributed by atoms with E-state index in [-0.39, 0.29) is 25.2 Å². The lowest BCUT2D eigenvalue weighted by Gasteiger charge is -2.15. The highest BCUT2D eigenvalue weighted by Gasteiger charge is 2.16. The number of unbranched alkanes of at least 4 members (excludes halogenated alkanes) is 25. The van der Waals surface area contributed by atoms with Crippen LogP contribution in [0.2, 0.25) is 0 Å². The molecule has 0 bridgehead atoms. The number of ether oxygens (including phenoxy) is 2. The van der Waals surface area contributed by atoms with E-state index in [0.717, 1.165) is 43.9 Å². The first-order valence-corrected chi connectivity index (χ1v) is 20.8. The predicted octanol–water partition coefficient (Wildman–Crippen LogP) is 12.8. The van der Waals surface area contributed by atoms with Crippen molar-refractivity contribution < 1.29 is 24.2 Å². The number of rotatable bonds is 37. The van der Waals surface area contributed by atoms with E-state index in [1.807, 2.05) is 0 Å². The van der Waals surface area contributed by atoms with Crippen LogP contribution in [-0.4, -0.2) is 36.4 Å². The van der Waals surface area contributed by atoms with Crippen molar-refractivity contribution in [1.82, 2.24) is 0 Å². The molecular formula is C42H82O5. The summed E-state index contributed by atoms with van der Waals surface area (Å²) < 4.78 is 10.6. The van der Waals surface area contributed by atoms with Gasteiger partial charge in [0, 0.05) is 12.8 Å². The van der Waals surface area contributed by atoms with Crippen LogP contribution in [0.1, 0.15) is 227 Å². The van der Waals surface area contributed by atoms with E-state index < -0.39 is 6.10 Å². The lowest BCUT2D eigenvalue weighted by atomic mass is 10.0. The third kappa shape index (κ3) is 37.6. The third-order valence-corrected chi connectivity index (χ3v) is 9.51. The van der Waals surface area contributed by atoms with Crippen LogP contribution in [0.4, 0.5) is 0 Å². The van der Waals surface area contributed by atoms with Gasteiger partial charge in [0.1, 0.15) is 6.61 Å². The Hall–Kier alpha value is -1.10. The van der Waals surface area contributed by atoms with Gasteiger partial charge in [-0.15, -0.1) is 0 Å². The zero-order valence-corrected chi connectivity index (χ0v) is 32.1. The van der Waals surface area contributed by atoms with Crippen molar-refractivity contribution in [1.29, 1.82) is 0 Å². The van der Waals surface area contributed by atoms with Crippen LogP contribution in [0.5, 0.6) is 0 Å². The van der Waals surface area contributed by atoms with Crippen molar-refractivity contribution in [3.8, 4) is 0 Å². The van der Waals surface area contributed by atoms with Gasteiger partial charge in [-0.25, -0.2) is 0 Å². The molecule has 0 aliphatic heterocycles. The average Bonchev–Trinajstić information content (AvgIpc) is 3.04. The number of carbonyl (C=O) groups is 2. The van der Waals surface area contributed by atoms with Gasteiger partial charge >= 0.3 is 11.9 Å². The Labute approximate surface area is 293 Å². The summed E-state index contributed by atoms with van der Waals surface area (Å²) in [5.74, 6) is 1.12. The Balaban J connectivity index is 3.48. The van der Waals surface area contributed by atoms with Crippen molar-refractivity contribution in [3.05, 3.63) is 0 Å². The molecule has 1 atom stereocenters. The summed E-state index contributed by atoms with van der Waals surface area (Å²) >= 11 is 0. The third-order valence-electron chi connectivity index (χ3n) is 9.51. The number of carbonyl (C=O) groups excluding carboxylic acids is 2. The Bertz CT molecular complexity index is 661. The molecule has 0 aromatic carbocycles. The van der Waals surface area contributed by atoms with Gasteiger partial charge in [-0.3, -0.25) is 9.59 Å². The van der Waals surface area contributed by atoms with Gasteiger partial charge < -0.3 is 14.6 Å². The van der Waals surface area contributed by atoms with Crippen LogP contribution in [0.15, 0.2) is 0 Å². The molecular weight excluding hydrogens is 584 g/mol. The van der Waals surface area contributed by atoms with Gasteiger partial charge in [0.15, 0.2) is 6.10 Å². The molecule has 0 saturated carbocycles. The molecule has 0 amide bonds. The number of aliphatic hydroxyl groups excluding tert-OH is 1. The number of hydrogen-bond acceptors (Lipinski definition) is 5. The number of aliphatic hydroxyl groups is 1. The molecule has 0 aliphatic rings. The average molecular weight is 667 g/mol. The highest BCUT2D eigenvalue weighted by Crippen LogP contribution is 2.17. The van der Waals surface area contributed by atoms with Gasteiger partial charge in [-0.05, 0) is 24.7 Å². The van der Waals surface area contributed by atoms with Crippen LogP contribution in [0.3, 0.4) is 0 Å². The maximum Gasteiger partial charge on any atom is 0.306 e. The molecule has 1 N–H and O–H groups in total. The van der Waals surface area contributed by atoms with Crippen LogP contribution < -0.4 is 0 Å².